The predicted molar refractivity (Wildman–Crippen MR) is 50.9 cm³/mol. The molecule has 20 heavy (non-hydrogen) atoms. The fraction of sp³-hybridized carbons (Fsp3) is 0.500. The second-order valence-electron chi connectivity index (χ2n) is 2.42. The molecule has 0 aromatic heterocycles. The van der Waals surface area contributed by atoms with Crippen LogP contribution in [-0.4, -0.2) is 61.5 Å². The van der Waals surface area contributed by atoms with Crippen molar-refractivity contribution >= 4 is 17.9 Å². The summed E-state index contributed by atoms with van der Waals surface area (Å²) in [7, 11) is 0. The number of carbonyl (C=O) groups is 3. The number of hydrogen-bond donors (Lipinski definition) is 1. The minimum atomic E-state index is -2.97. The molecule has 121 valence electrons. The van der Waals surface area contributed by atoms with Gasteiger partial charge in [0.2, 0.25) is 0 Å². The number of carboxylic acids is 3. The molecular formula is C6H17O13Zn. The van der Waals surface area contributed by atoms with Gasteiger partial charge in [-0.3, -0.25) is 0 Å². The van der Waals surface area contributed by atoms with Gasteiger partial charge in [0.05, 0.1) is 5.97 Å². The fourth-order valence-corrected chi connectivity index (χ4v) is 0.684. The van der Waals surface area contributed by atoms with Crippen LogP contribution in [0.15, 0.2) is 0 Å². The van der Waals surface area contributed by atoms with Crippen molar-refractivity contribution in [3.05, 3.63) is 0 Å². The number of aliphatic carboxylic acids is 3. The summed E-state index contributed by atoms with van der Waals surface area (Å²) >= 11 is 0. The third-order valence-corrected chi connectivity index (χ3v) is 1.25. The molecule has 0 heterocycles. The molecule has 0 aliphatic carbocycles. The number of carbonyl (C=O) groups excluding carboxylic acids is 3. The SMILES string of the molecule is O.O.O.O.O.O.O=C([O-])CC(O)(CC(=O)[O-])C(=O)[O-].[Zn+3]. The van der Waals surface area contributed by atoms with Crippen LogP contribution in [0.25, 0.3) is 0 Å². The van der Waals surface area contributed by atoms with Crippen molar-refractivity contribution in [2.24, 2.45) is 0 Å². The Hall–Kier alpha value is -1.25. The van der Waals surface area contributed by atoms with Crippen LogP contribution >= 0.6 is 0 Å². The van der Waals surface area contributed by atoms with Gasteiger partial charge in [-0.1, -0.05) is 0 Å². The molecule has 0 aliphatic rings. The molecule has 0 aromatic rings. The Morgan fingerprint density at radius 1 is 0.750 bits per heavy atom. The van der Waals surface area contributed by atoms with Gasteiger partial charge in [-0.05, 0) is 0 Å². The molecule has 13 N–H and O–H groups in total. The van der Waals surface area contributed by atoms with Crippen LogP contribution in [0.3, 0.4) is 0 Å². The van der Waals surface area contributed by atoms with Gasteiger partial charge in [0, 0.05) is 24.8 Å². The molecule has 0 amide bonds. The normalized spacial score (nSPS) is 7.05. The van der Waals surface area contributed by atoms with Crippen molar-refractivity contribution in [2.75, 3.05) is 0 Å². The van der Waals surface area contributed by atoms with E-state index in [1.807, 2.05) is 0 Å². The summed E-state index contributed by atoms with van der Waals surface area (Å²) in [5, 5.41) is 38.9. The molecular weight excluding hydrogens is 345 g/mol. The monoisotopic (exact) mass is 361 g/mol. The zero-order valence-corrected chi connectivity index (χ0v) is 13.0. The van der Waals surface area contributed by atoms with Gasteiger partial charge in [-0.25, -0.2) is 0 Å². The minimum Gasteiger partial charge on any atom is -0.550 e. The first-order chi connectivity index (χ1) is 5.78. The minimum absolute atomic E-state index is 0. The first-order valence-electron chi connectivity index (χ1n) is 3.11. The van der Waals surface area contributed by atoms with Gasteiger partial charge in [0.15, 0.2) is 0 Å². The zero-order chi connectivity index (χ0) is 10.6. The third kappa shape index (κ3) is 19.1. The van der Waals surface area contributed by atoms with Crippen LogP contribution in [0.2, 0.25) is 0 Å². The second-order valence-corrected chi connectivity index (χ2v) is 2.42. The first-order valence-corrected chi connectivity index (χ1v) is 3.11. The molecule has 0 spiro atoms. The van der Waals surface area contributed by atoms with E-state index in [4.69, 9.17) is 5.11 Å². The molecule has 0 saturated heterocycles. The summed E-state index contributed by atoms with van der Waals surface area (Å²) in [4.78, 5) is 30.0. The third-order valence-electron chi connectivity index (χ3n) is 1.25. The summed E-state index contributed by atoms with van der Waals surface area (Å²) in [5.74, 6) is -5.98. The quantitative estimate of drug-likeness (QED) is 0.459. The second kappa shape index (κ2) is 20.1. The first kappa shape index (κ1) is 51.1. The molecule has 0 fully saturated rings. The van der Waals surface area contributed by atoms with Crippen LogP contribution in [0, 0.1) is 0 Å². The molecule has 0 aromatic carbocycles. The van der Waals surface area contributed by atoms with Crippen LogP contribution < -0.4 is 15.3 Å². The van der Waals surface area contributed by atoms with Crippen molar-refractivity contribution in [3.63, 3.8) is 0 Å². The van der Waals surface area contributed by atoms with Crippen LogP contribution in [0.4, 0.5) is 0 Å². The summed E-state index contributed by atoms with van der Waals surface area (Å²) in [5.41, 5.74) is -2.97. The molecule has 0 atom stereocenters. The molecule has 0 radical (unpaired) electrons. The maximum atomic E-state index is 10.1. The maximum absolute atomic E-state index is 10.1. The Morgan fingerprint density at radius 3 is 1.05 bits per heavy atom. The molecule has 13 nitrogen and oxygen atoms in total. The topological polar surface area (TPSA) is 330 Å². The van der Waals surface area contributed by atoms with E-state index in [2.05, 4.69) is 0 Å². The van der Waals surface area contributed by atoms with Crippen LogP contribution in [0.1, 0.15) is 12.8 Å². The largest absolute Gasteiger partial charge is 3.00 e. The Labute approximate surface area is 124 Å². The van der Waals surface area contributed by atoms with E-state index < -0.39 is 36.4 Å². The van der Waals surface area contributed by atoms with Gasteiger partial charge >= 0.3 is 19.5 Å². The number of hydrogen-bond acceptors (Lipinski definition) is 7. The number of carboxylic acid groups (broad SMARTS) is 3. The summed E-state index contributed by atoms with van der Waals surface area (Å²) in [6.07, 6.45) is -2.72. The smallest absolute Gasteiger partial charge is 0.550 e. The van der Waals surface area contributed by atoms with Crippen molar-refractivity contribution in [1.29, 1.82) is 0 Å². The van der Waals surface area contributed by atoms with Crippen molar-refractivity contribution in [1.82, 2.24) is 0 Å². The van der Waals surface area contributed by atoms with Gasteiger partial charge in [-0.2, -0.15) is 0 Å². The summed E-state index contributed by atoms with van der Waals surface area (Å²) in [6.45, 7) is 0. The zero-order valence-electron chi connectivity index (χ0n) is 10.0. The van der Waals surface area contributed by atoms with E-state index in [0.29, 0.717) is 0 Å². The Bertz CT molecular complexity index is 237. The van der Waals surface area contributed by atoms with Gasteiger partial charge in [0.25, 0.3) is 0 Å². The van der Waals surface area contributed by atoms with Crippen LogP contribution in [0.5, 0.6) is 0 Å². The standard InChI is InChI=1S/C6H8O7.6H2O.Zn/c7-3(8)1-6(13,5(11)12)2-4(9)10;;;;;;;/h13H,1-2H2,(H,7,8)(H,9,10)(H,11,12);6*1H2;/q;;;;;;;+3/p-3. The van der Waals surface area contributed by atoms with Crippen molar-refractivity contribution < 1.29 is 87.1 Å². The molecule has 0 unspecified atom stereocenters. The Morgan fingerprint density at radius 2 is 0.950 bits per heavy atom. The molecule has 14 heteroatoms. The van der Waals surface area contributed by atoms with E-state index in [1.54, 1.807) is 0 Å². The van der Waals surface area contributed by atoms with Gasteiger partial charge < -0.3 is 67.7 Å². The van der Waals surface area contributed by atoms with E-state index in [9.17, 15) is 29.7 Å². The van der Waals surface area contributed by atoms with E-state index in [-0.39, 0.29) is 52.3 Å². The molecule has 0 rings (SSSR count). The predicted octanol–water partition coefficient (Wildman–Crippen LogP) is -10.2. The van der Waals surface area contributed by atoms with Gasteiger partial charge in [-0.15, -0.1) is 0 Å². The number of aliphatic hydroxyl groups is 1. The van der Waals surface area contributed by atoms with Crippen molar-refractivity contribution in [3.8, 4) is 0 Å². The Balaban J connectivity index is -0.0000000343. The summed E-state index contributed by atoms with van der Waals surface area (Å²) in [6, 6.07) is 0. The molecule has 0 saturated carbocycles. The fourth-order valence-electron chi connectivity index (χ4n) is 0.684. The van der Waals surface area contributed by atoms with E-state index >= 15 is 0 Å². The van der Waals surface area contributed by atoms with Crippen LogP contribution in [-0.2, 0) is 33.9 Å². The average molecular weight is 363 g/mol. The van der Waals surface area contributed by atoms with Crippen molar-refractivity contribution in [2.45, 2.75) is 18.4 Å². The Kier molecular flexibility index (Phi) is 51.3. The number of rotatable bonds is 5. The maximum Gasteiger partial charge on any atom is 3.00 e. The van der Waals surface area contributed by atoms with E-state index in [0.717, 1.165) is 0 Å². The molecule has 0 bridgehead atoms. The summed E-state index contributed by atoms with van der Waals surface area (Å²) < 4.78 is 0. The van der Waals surface area contributed by atoms with Gasteiger partial charge in [0.1, 0.15) is 5.60 Å². The molecule has 0 aliphatic heterocycles. The average Bonchev–Trinajstić information content (AvgIpc) is 1.82. The van der Waals surface area contributed by atoms with E-state index in [1.165, 1.54) is 0 Å².